The number of para-hydroxylation sites is 1. The van der Waals surface area contributed by atoms with Gasteiger partial charge in [-0.2, -0.15) is 0 Å². The highest BCUT2D eigenvalue weighted by Crippen LogP contribution is 2.40. The average molecular weight is 469 g/mol. The first-order valence-electron chi connectivity index (χ1n) is 11.0. The highest BCUT2D eigenvalue weighted by atomic mass is 35.5. The van der Waals surface area contributed by atoms with Gasteiger partial charge in [0, 0.05) is 11.7 Å². The second-order valence-corrected chi connectivity index (χ2v) is 10.0. The molecule has 0 bridgehead atoms. The van der Waals surface area contributed by atoms with Crippen LogP contribution in [0.3, 0.4) is 0 Å². The fourth-order valence-electron chi connectivity index (χ4n) is 3.99. The van der Waals surface area contributed by atoms with Crippen molar-refractivity contribution in [1.82, 2.24) is 14.8 Å². The zero-order valence-corrected chi connectivity index (χ0v) is 19.5. The first-order chi connectivity index (χ1) is 15.6. The molecule has 8 heteroatoms. The molecule has 6 nitrogen and oxygen atoms in total. The van der Waals surface area contributed by atoms with Gasteiger partial charge < -0.3 is 10.1 Å². The molecule has 1 N–H and O–H groups in total. The number of hydrogen-bond acceptors (Lipinski definition) is 5. The van der Waals surface area contributed by atoms with Gasteiger partial charge in [0.1, 0.15) is 12.4 Å². The molecule has 32 heavy (non-hydrogen) atoms. The van der Waals surface area contributed by atoms with Crippen molar-refractivity contribution in [3.05, 3.63) is 64.4 Å². The summed E-state index contributed by atoms with van der Waals surface area (Å²) in [6.07, 6.45) is 5.58. The molecule has 1 aromatic heterocycles. The molecule has 3 aromatic rings. The molecule has 0 spiro atoms. The van der Waals surface area contributed by atoms with E-state index in [2.05, 4.69) is 32.2 Å². The average Bonchev–Trinajstić information content (AvgIpc) is 3.38. The zero-order chi connectivity index (χ0) is 22.1. The topological polar surface area (TPSA) is 69.0 Å². The van der Waals surface area contributed by atoms with Gasteiger partial charge in [-0.3, -0.25) is 9.36 Å². The van der Waals surface area contributed by atoms with Crippen molar-refractivity contribution >= 4 is 35.0 Å². The van der Waals surface area contributed by atoms with E-state index >= 15 is 0 Å². The van der Waals surface area contributed by atoms with Gasteiger partial charge in [-0.1, -0.05) is 41.6 Å². The quantitative estimate of drug-likeness (QED) is 0.445. The van der Waals surface area contributed by atoms with Crippen LogP contribution in [0.5, 0.6) is 5.75 Å². The highest BCUT2D eigenvalue weighted by Gasteiger charge is 2.31. The summed E-state index contributed by atoms with van der Waals surface area (Å²) in [6, 6.07) is 14.0. The molecule has 0 radical (unpaired) electrons. The Morgan fingerprint density at radius 1 is 1.22 bits per heavy atom. The van der Waals surface area contributed by atoms with Crippen LogP contribution in [-0.2, 0) is 24.2 Å². The standard InChI is InChI=1S/C24H25ClN4O2S/c1-15(23(30)26-18-10-9-16-5-4-6-17(16)13-18)32-24-28-27-22(29(24)19-11-12-19)14-31-21-8-3-2-7-20(21)25/h2-3,7-10,13,15,19H,4-6,11-12,14H2,1H3,(H,26,30)/t15-/m0/s1. The zero-order valence-electron chi connectivity index (χ0n) is 17.9. The number of rotatable bonds is 8. The smallest absolute Gasteiger partial charge is 0.237 e. The van der Waals surface area contributed by atoms with Crippen LogP contribution in [0.1, 0.15) is 49.2 Å². The second-order valence-electron chi connectivity index (χ2n) is 8.31. The molecule has 1 saturated carbocycles. The molecule has 1 fully saturated rings. The predicted octanol–water partition coefficient (Wildman–Crippen LogP) is 5.45. The summed E-state index contributed by atoms with van der Waals surface area (Å²) in [7, 11) is 0. The maximum atomic E-state index is 12.8. The summed E-state index contributed by atoms with van der Waals surface area (Å²) in [5.41, 5.74) is 3.61. The van der Waals surface area contributed by atoms with Crippen LogP contribution in [0.15, 0.2) is 47.6 Å². The summed E-state index contributed by atoms with van der Waals surface area (Å²) in [6.45, 7) is 2.18. The Kier molecular flexibility index (Phi) is 6.11. The number of benzene rings is 2. The van der Waals surface area contributed by atoms with E-state index in [4.69, 9.17) is 16.3 Å². The Morgan fingerprint density at radius 2 is 2.03 bits per heavy atom. The van der Waals surface area contributed by atoms with Crippen LogP contribution < -0.4 is 10.1 Å². The summed E-state index contributed by atoms with van der Waals surface area (Å²) >= 11 is 7.63. The highest BCUT2D eigenvalue weighted by molar-refractivity contribution is 8.00. The minimum absolute atomic E-state index is 0.0350. The van der Waals surface area contributed by atoms with E-state index in [1.807, 2.05) is 31.2 Å². The van der Waals surface area contributed by atoms with Crippen molar-refractivity contribution in [2.45, 2.75) is 62.1 Å². The number of aryl methyl sites for hydroxylation is 2. The maximum absolute atomic E-state index is 12.8. The molecule has 1 amide bonds. The van der Waals surface area contributed by atoms with Gasteiger partial charge in [0.25, 0.3) is 0 Å². The number of ether oxygens (including phenoxy) is 1. The van der Waals surface area contributed by atoms with E-state index in [-0.39, 0.29) is 17.8 Å². The Balaban J connectivity index is 1.25. The van der Waals surface area contributed by atoms with E-state index in [9.17, 15) is 4.79 Å². The Morgan fingerprint density at radius 3 is 2.84 bits per heavy atom. The van der Waals surface area contributed by atoms with Crippen LogP contribution >= 0.6 is 23.4 Å². The third kappa shape index (κ3) is 4.64. The molecule has 1 heterocycles. The van der Waals surface area contributed by atoms with Crippen molar-refractivity contribution in [1.29, 1.82) is 0 Å². The van der Waals surface area contributed by atoms with Gasteiger partial charge in [0.15, 0.2) is 11.0 Å². The van der Waals surface area contributed by atoms with Crippen molar-refractivity contribution < 1.29 is 9.53 Å². The first kappa shape index (κ1) is 21.3. The number of nitrogens with zero attached hydrogens (tertiary/aromatic N) is 3. The Hall–Kier alpha value is -2.51. The van der Waals surface area contributed by atoms with Gasteiger partial charge in [-0.05, 0) is 74.4 Å². The third-order valence-electron chi connectivity index (χ3n) is 5.86. The Bertz CT molecular complexity index is 1140. The van der Waals surface area contributed by atoms with Crippen molar-refractivity contribution in [3.8, 4) is 5.75 Å². The molecule has 0 saturated heterocycles. The fourth-order valence-corrected chi connectivity index (χ4v) is 5.12. The number of nitrogens with one attached hydrogen (secondary N) is 1. The number of anilines is 1. The minimum Gasteiger partial charge on any atom is -0.484 e. The molecule has 0 unspecified atom stereocenters. The van der Waals surface area contributed by atoms with E-state index in [0.29, 0.717) is 16.8 Å². The molecular weight excluding hydrogens is 444 g/mol. The van der Waals surface area contributed by atoms with Crippen LogP contribution in [-0.4, -0.2) is 25.9 Å². The number of carbonyl (C=O) groups is 1. The van der Waals surface area contributed by atoms with Crippen LogP contribution in [0.4, 0.5) is 5.69 Å². The second kappa shape index (κ2) is 9.16. The van der Waals surface area contributed by atoms with Crippen molar-refractivity contribution in [2.24, 2.45) is 0 Å². The maximum Gasteiger partial charge on any atom is 0.237 e. The lowest BCUT2D eigenvalue weighted by molar-refractivity contribution is -0.115. The number of aromatic nitrogens is 3. The molecule has 1 atom stereocenters. The Labute approximate surface area is 196 Å². The molecule has 2 aromatic carbocycles. The first-order valence-corrected chi connectivity index (χ1v) is 12.2. The van der Waals surface area contributed by atoms with E-state index < -0.39 is 0 Å². The normalized spacial score (nSPS) is 15.9. The van der Waals surface area contributed by atoms with E-state index in [1.54, 1.807) is 6.07 Å². The van der Waals surface area contributed by atoms with Gasteiger partial charge in [0.05, 0.1) is 10.3 Å². The number of halogens is 1. The van der Waals surface area contributed by atoms with Gasteiger partial charge in [-0.25, -0.2) is 0 Å². The molecule has 166 valence electrons. The summed E-state index contributed by atoms with van der Waals surface area (Å²) in [5, 5.41) is 12.8. The SMILES string of the molecule is C[C@H](Sc1nnc(COc2ccccc2Cl)n1C1CC1)C(=O)Nc1ccc2c(c1)CCC2. The fraction of sp³-hybridized carbons (Fsp3) is 0.375. The molecule has 0 aliphatic heterocycles. The van der Waals surface area contributed by atoms with Crippen LogP contribution in [0.2, 0.25) is 5.02 Å². The van der Waals surface area contributed by atoms with E-state index in [1.165, 1.54) is 29.3 Å². The van der Waals surface area contributed by atoms with Crippen LogP contribution in [0.25, 0.3) is 0 Å². The lowest BCUT2D eigenvalue weighted by atomic mass is 10.1. The van der Waals surface area contributed by atoms with Gasteiger partial charge >= 0.3 is 0 Å². The largest absolute Gasteiger partial charge is 0.484 e. The number of fused-ring (bicyclic) bond motifs is 1. The molecule has 2 aliphatic rings. The summed E-state index contributed by atoms with van der Waals surface area (Å²) in [5.74, 6) is 1.34. The summed E-state index contributed by atoms with van der Waals surface area (Å²) in [4.78, 5) is 12.8. The number of hydrogen-bond donors (Lipinski definition) is 1. The lowest BCUT2D eigenvalue weighted by Crippen LogP contribution is -2.23. The van der Waals surface area contributed by atoms with Crippen LogP contribution in [0, 0.1) is 0 Å². The lowest BCUT2D eigenvalue weighted by Gasteiger charge is -2.14. The molecule has 2 aliphatic carbocycles. The number of carbonyl (C=O) groups excluding carboxylic acids is 1. The van der Waals surface area contributed by atoms with Crippen molar-refractivity contribution in [3.63, 3.8) is 0 Å². The summed E-state index contributed by atoms with van der Waals surface area (Å²) < 4.78 is 7.99. The van der Waals surface area contributed by atoms with Gasteiger partial charge in [-0.15, -0.1) is 10.2 Å². The van der Waals surface area contributed by atoms with Gasteiger partial charge in [0.2, 0.25) is 5.91 Å². The minimum atomic E-state index is -0.303. The molecular formula is C24H25ClN4O2S. The number of amides is 1. The van der Waals surface area contributed by atoms with E-state index in [0.717, 1.165) is 42.4 Å². The van der Waals surface area contributed by atoms with Crippen molar-refractivity contribution in [2.75, 3.05) is 5.32 Å². The monoisotopic (exact) mass is 468 g/mol. The third-order valence-corrected chi connectivity index (χ3v) is 7.23. The molecule has 5 rings (SSSR count). The number of thioether (sulfide) groups is 1. The predicted molar refractivity (Wildman–Crippen MR) is 126 cm³/mol.